The summed E-state index contributed by atoms with van der Waals surface area (Å²) in [7, 11) is -0.364. The van der Waals surface area contributed by atoms with Crippen LogP contribution in [0.15, 0.2) is 17.2 Å². The van der Waals surface area contributed by atoms with Crippen LogP contribution < -0.4 is 0 Å². The Morgan fingerprint density at radius 1 is 1.35 bits per heavy atom. The molecule has 0 aromatic carbocycles. The number of carboxylic acid groups (broad SMARTS) is 1. The van der Waals surface area contributed by atoms with Crippen LogP contribution in [-0.4, -0.2) is 44.7 Å². The summed E-state index contributed by atoms with van der Waals surface area (Å²) in [5.41, 5.74) is 2.29. The van der Waals surface area contributed by atoms with Gasteiger partial charge in [-0.1, -0.05) is 0 Å². The van der Waals surface area contributed by atoms with Gasteiger partial charge in [-0.25, -0.2) is 13.2 Å². The summed E-state index contributed by atoms with van der Waals surface area (Å²) in [5.74, 6) is -1.15. The van der Waals surface area contributed by atoms with Crippen molar-refractivity contribution in [2.24, 2.45) is 14.1 Å². The summed E-state index contributed by atoms with van der Waals surface area (Å²) >= 11 is 0. The number of aromatic carboxylic acids is 1. The molecule has 1 N–H and O–H groups in total. The van der Waals surface area contributed by atoms with Gasteiger partial charge >= 0.3 is 5.97 Å². The predicted octanol–water partition coefficient (Wildman–Crippen LogP) is 0.512. The lowest BCUT2D eigenvalue weighted by atomic mass is 10.1. The molecular formula is C14H18N4O4S. The molecule has 0 fully saturated rings. The molecule has 0 radical (unpaired) electrons. The van der Waals surface area contributed by atoms with Crippen LogP contribution in [-0.2, 0) is 37.1 Å². The van der Waals surface area contributed by atoms with Crippen LogP contribution in [0.2, 0.25) is 0 Å². The van der Waals surface area contributed by atoms with Crippen LogP contribution in [0.3, 0.4) is 0 Å². The van der Waals surface area contributed by atoms with Gasteiger partial charge in [-0.15, -0.1) is 0 Å². The Kier molecular flexibility index (Phi) is 3.56. The van der Waals surface area contributed by atoms with E-state index >= 15 is 0 Å². The van der Waals surface area contributed by atoms with Crippen LogP contribution in [0.4, 0.5) is 0 Å². The summed E-state index contributed by atoms with van der Waals surface area (Å²) in [6.45, 7) is 2.21. The number of hydrogen-bond acceptors (Lipinski definition) is 4. The second-order valence-electron chi connectivity index (χ2n) is 5.67. The number of hydrogen-bond donors (Lipinski definition) is 1. The van der Waals surface area contributed by atoms with E-state index in [1.807, 2.05) is 7.05 Å². The average molecular weight is 338 g/mol. The van der Waals surface area contributed by atoms with Gasteiger partial charge in [-0.3, -0.25) is 4.68 Å². The third-order valence-electron chi connectivity index (χ3n) is 4.42. The number of fused-ring (bicyclic) bond motifs is 1. The van der Waals surface area contributed by atoms with Gasteiger partial charge < -0.3 is 9.67 Å². The monoisotopic (exact) mass is 338 g/mol. The molecule has 0 unspecified atom stereocenters. The van der Waals surface area contributed by atoms with Crippen molar-refractivity contribution in [2.75, 3.05) is 6.54 Å². The molecule has 0 spiro atoms. The Morgan fingerprint density at radius 2 is 2.04 bits per heavy atom. The smallest absolute Gasteiger partial charge is 0.352 e. The van der Waals surface area contributed by atoms with Crippen LogP contribution in [0.1, 0.15) is 27.4 Å². The molecule has 124 valence electrons. The normalized spacial score (nSPS) is 15.6. The van der Waals surface area contributed by atoms with Gasteiger partial charge in [-0.2, -0.15) is 9.40 Å². The first-order chi connectivity index (χ1) is 10.7. The van der Waals surface area contributed by atoms with E-state index < -0.39 is 16.0 Å². The molecule has 0 saturated heterocycles. The maximum Gasteiger partial charge on any atom is 0.352 e. The van der Waals surface area contributed by atoms with Crippen molar-refractivity contribution in [3.05, 3.63) is 34.9 Å². The Morgan fingerprint density at radius 3 is 2.65 bits per heavy atom. The first-order valence-corrected chi connectivity index (χ1v) is 8.57. The molecule has 3 rings (SSSR count). The van der Waals surface area contributed by atoms with E-state index in [-0.39, 0.29) is 17.1 Å². The average Bonchev–Trinajstić information content (AvgIpc) is 3.01. The van der Waals surface area contributed by atoms with Gasteiger partial charge in [-0.05, 0) is 13.0 Å². The van der Waals surface area contributed by atoms with Crippen molar-refractivity contribution in [1.82, 2.24) is 18.7 Å². The second kappa shape index (κ2) is 5.20. The molecule has 0 atom stereocenters. The zero-order valence-corrected chi connectivity index (χ0v) is 14.0. The Bertz CT molecular complexity index is 894. The molecule has 0 aliphatic carbocycles. The molecule has 0 saturated carbocycles. The number of rotatable bonds is 3. The predicted molar refractivity (Wildman–Crippen MR) is 81.6 cm³/mol. The maximum atomic E-state index is 12.9. The Balaban J connectivity index is 2.00. The molecule has 8 nitrogen and oxygen atoms in total. The molecule has 2 aromatic heterocycles. The number of aromatic nitrogens is 3. The largest absolute Gasteiger partial charge is 0.477 e. The fourth-order valence-corrected chi connectivity index (χ4v) is 4.63. The van der Waals surface area contributed by atoms with Gasteiger partial charge in [0.05, 0.1) is 6.20 Å². The van der Waals surface area contributed by atoms with Gasteiger partial charge in [0.1, 0.15) is 10.6 Å². The summed E-state index contributed by atoms with van der Waals surface area (Å²) in [4.78, 5) is 11.3. The van der Waals surface area contributed by atoms with Crippen molar-refractivity contribution >= 4 is 16.0 Å². The van der Waals surface area contributed by atoms with E-state index in [2.05, 4.69) is 5.10 Å². The first kappa shape index (κ1) is 15.8. The number of carbonyl (C=O) groups is 1. The fourth-order valence-electron chi connectivity index (χ4n) is 2.94. The SMILES string of the molecule is Cc1c(S(=O)(=O)N2CCc3c(cnn3C)C2)cc(C(=O)O)n1C. The Labute approximate surface area is 134 Å². The third kappa shape index (κ3) is 2.36. The lowest BCUT2D eigenvalue weighted by Gasteiger charge is -2.26. The molecule has 2 aromatic rings. The second-order valence-corrected chi connectivity index (χ2v) is 7.58. The van der Waals surface area contributed by atoms with E-state index in [0.717, 1.165) is 11.3 Å². The molecule has 1 aliphatic rings. The molecule has 23 heavy (non-hydrogen) atoms. The third-order valence-corrected chi connectivity index (χ3v) is 6.38. The van der Waals surface area contributed by atoms with Crippen LogP contribution in [0.25, 0.3) is 0 Å². The Hall–Kier alpha value is -2.13. The highest BCUT2D eigenvalue weighted by Gasteiger charge is 2.33. The number of carboxylic acids is 1. The molecule has 0 amide bonds. The number of aryl methyl sites for hydroxylation is 1. The summed E-state index contributed by atoms with van der Waals surface area (Å²) in [6.07, 6.45) is 2.26. The van der Waals surface area contributed by atoms with Gasteiger partial charge in [0.25, 0.3) is 0 Å². The first-order valence-electron chi connectivity index (χ1n) is 7.13. The van der Waals surface area contributed by atoms with Gasteiger partial charge in [0.2, 0.25) is 10.0 Å². The highest BCUT2D eigenvalue weighted by atomic mass is 32.2. The van der Waals surface area contributed by atoms with Crippen LogP contribution in [0.5, 0.6) is 0 Å². The minimum absolute atomic E-state index is 0.0415. The zero-order valence-electron chi connectivity index (χ0n) is 13.1. The summed E-state index contributed by atoms with van der Waals surface area (Å²) in [5, 5.41) is 13.3. The van der Waals surface area contributed by atoms with E-state index in [0.29, 0.717) is 18.7 Å². The maximum absolute atomic E-state index is 12.9. The topological polar surface area (TPSA) is 97.4 Å². The van der Waals surface area contributed by atoms with E-state index in [9.17, 15) is 18.3 Å². The zero-order chi connectivity index (χ0) is 16.9. The highest BCUT2D eigenvalue weighted by Crippen LogP contribution is 2.28. The van der Waals surface area contributed by atoms with Crippen molar-refractivity contribution in [2.45, 2.75) is 24.8 Å². The van der Waals surface area contributed by atoms with Gasteiger partial charge in [0.15, 0.2) is 0 Å². The highest BCUT2D eigenvalue weighted by molar-refractivity contribution is 7.89. The fraction of sp³-hybridized carbons (Fsp3) is 0.429. The molecular weight excluding hydrogens is 320 g/mol. The van der Waals surface area contributed by atoms with E-state index in [1.165, 1.54) is 14.9 Å². The van der Waals surface area contributed by atoms with Crippen molar-refractivity contribution in [3.63, 3.8) is 0 Å². The standard InChI is InChI=1S/C14H18N4O4S/c1-9-13(6-12(14(19)20)16(9)2)23(21,22)18-5-4-11-10(8-18)7-15-17(11)3/h6-7H,4-5,8H2,1-3H3,(H,19,20). The van der Waals surface area contributed by atoms with Crippen molar-refractivity contribution in [1.29, 1.82) is 0 Å². The lowest BCUT2D eigenvalue weighted by molar-refractivity contribution is 0.0686. The summed E-state index contributed by atoms with van der Waals surface area (Å²) < 4.78 is 30.3. The summed E-state index contributed by atoms with van der Waals surface area (Å²) in [6, 6.07) is 1.23. The lowest BCUT2D eigenvalue weighted by Crippen LogP contribution is -2.36. The molecule has 1 aliphatic heterocycles. The van der Waals surface area contributed by atoms with Gasteiger partial charge in [0, 0.05) is 50.6 Å². The van der Waals surface area contributed by atoms with Crippen LogP contribution >= 0.6 is 0 Å². The number of nitrogens with zero attached hydrogens (tertiary/aromatic N) is 4. The molecule has 0 bridgehead atoms. The molecule has 3 heterocycles. The van der Waals surface area contributed by atoms with Crippen molar-refractivity contribution < 1.29 is 18.3 Å². The van der Waals surface area contributed by atoms with E-state index in [4.69, 9.17) is 0 Å². The minimum Gasteiger partial charge on any atom is -0.477 e. The van der Waals surface area contributed by atoms with Crippen molar-refractivity contribution in [3.8, 4) is 0 Å². The minimum atomic E-state index is -3.75. The van der Waals surface area contributed by atoms with Crippen LogP contribution in [0, 0.1) is 6.92 Å². The number of sulfonamides is 1. The van der Waals surface area contributed by atoms with E-state index in [1.54, 1.807) is 24.9 Å². The molecule has 9 heteroatoms. The quantitative estimate of drug-likeness (QED) is 0.879.